The van der Waals surface area contributed by atoms with Crippen molar-refractivity contribution in [2.45, 2.75) is 64.8 Å². The van der Waals surface area contributed by atoms with Crippen LogP contribution in [-0.2, 0) is 15.9 Å². The third-order valence-electron chi connectivity index (χ3n) is 4.10. The smallest absolute Gasteiger partial charge is 0.159 e. The average Bonchev–Trinajstić information content (AvgIpc) is 3.13. The summed E-state index contributed by atoms with van der Waals surface area (Å²) < 4.78 is 13.2. The molecule has 2 heterocycles. The van der Waals surface area contributed by atoms with Crippen LogP contribution in [0.2, 0.25) is 0 Å². The van der Waals surface area contributed by atoms with E-state index in [9.17, 15) is 0 Å². The Hall–Kier alpha value is -0.910. The standard InChI is InChI=1S/C16H29N3O2/c1-4-15(5-2)19-8-7-13(18-19)11-14(17-6-3)12-16-20-9-10-21-16/h7-8,14-17H,4-6,9-12H2,1-3H3. The average molecular weight is 295 g/mol. The molecule has 1 aliphatic rings. The number of likely N-dealkylation sites (N-methyl/N-ethyl adjacent to an activating group) is 1. The molecule has 1 aromatic rings. The summed E-state index contributed by atoms with van der Waals surface area (Å²) in [6.45, 7) is 8.94. The van der Waals surface area contributed by atoms with Crippen molar-refractivity contribution in [3.63, 3.8) is 0 Å². The Morgan fingerprint density at radius 1 is 1.29 bits per heavy atom. The number of nitrogens with zero attached hydrogens (tertiary/aromatic N) is 2. The third kappa shape index (κ3) is 4.80. The Balaban J connectivity index is 1.92. The fourth-order valence-electron chi connectivity index (χ4n) is 2.91. The van der Waals surface area contributed by atoms with Gasteiger partial charge in [0.25, 0.3) is 0 Å². The molecular weight excluding hydrogens is 266 g/mol. The maximum Gasteiger partial charge on any atom is 0.159 e. The number of hydrogen-bond acceptors (Lipinski definition) is 4. The number of rotatable bonds is 9. The van der Waals surface area contributed by atoms with E-state index in [1.165, 1.54) is 0 Å². The van der Waals surface area contributed by atoms with Crippen molar-refractivity contribution in [3.8, 4) is 0 Å². The lowest BCUT2D eigenvalue weighted by Gasteiger charge is -2.20. The summed E-state index contributed by atoms with van der Waals surface area (Å²) in [7, 11) is 0. The van der Waals surface area contributed by atoms with E-state index in [-0.39, 0.29) is 6.29 Å². The Labute approximate surface area is 128 Å². The van der Waals surface area contributed by atoms with Crippen molar-refractivity contribution in [1.29, 1.82) is 0 Å². The number of aromatic nitrogens is 2. The van der Waals surface area contributed by atoms with Crippen LogP contribution in [0.4, 0.5) is 0 Å². The molecule has 1 unspecified atom stereocenters. The van der Waals surface area contributed by atoms with E-state index in [1.54, 1.807) is 0 Å². The lowest BCUT2D eigenvalue weighted by molar-refractivity contribution is -0.0526. The Bertz CT molecular complexity index is 398. The predicted molar refractivity (Wildman–Crippen MR) is 83.3 cm³/mol. The number of nitrogens with one attached hydrogen (secondary N) is 1. The molecule has 5 nitrogen and oxygen atoms in total. The van der Waals surface area contributed by atoms with Gasteiger partial charge in [-0.1, -0.05) is 20.8 Å². The molecule has 0 radical (unpaired) electrons. The van der Waals surface area contributed by atoms with Crippen LogP contribution in [0.3, 0.4) is 0 Å². The topological polar surface area (TPSA) is 48.3 Å². The molecule has 1 aliphatic heterocycles. The van der Waals surface area contributed by atoms with Gasteiger partial charge in [-0.15, -0.1) is 0 Å². The van der Waals surface area contributed by atoms with Gasteiger partial charge in [0.2, 0.25) is 0 Å². The van der Waals surface area contributed by atoms with Gasteiger partial charge in [-0.05, 0) is 25.5 Å². The SMILES string of the molecule is CCNC(Cc1ccn(C(CC)CC)n1)CC1OCCO1. The molecule has 1 atom stereocenters. The van der Waals surface area contributed by atoms with Gasteiger partial charge in [0.05, 0.1) is 24.9 Å². The highest BCUT2D eigenvalue weighted by molar-refractivity contribution is 5.02. The highest BCUT2D eigenvalue weighted by Crippen LogP contribution is 2.17. The number of ether oxygens (including phenoxy) is 2. The largest absolute Gasteiger partial charge is 0.350 e. The van der Waals surface area contributed by atoms with Crippen LogP contribution in [0.25, 0.3) is 0 Å². The van der Waals surface area contributed by atoms with Crippen LogP contribution in [-0.4, -0.2) is 41.9 Å². The first-order valence-electron chi connectivity index (χ1n) is 8.27. The molecule has 120 valence electrons. The van der Waals surface area contributed by atoms with Crippen molar-refractivity contribution in [2.24, 2.45) is 0 Å². The molecule has 1 N–H and O–H groups in total. The van der Waals surface area contributed by atoms with Crippen LogP contribution in [0.15, 0.2) is 12.3 Å². The van der Waals surface area contributed by atoms with Crippen molar-refractivity contribution >= 4 is 0 Å². The molecule has 5 heteroatoms. The van der Waals surface area contributed by atoms with E-state index in [2.05, 4.69) is 43.0 Å². The highest BCUT2D eigenvalue weighted by Gasteiger charge is 2.22. The lowest BCUT2D eigenvalue weighted by Crippen LogP contribution is -2.35. The van der Waals surface area contributed by atoms with E-state index < -0.39 is 0 Å². The molecule has 0 aliphatic carbocycles. The molecule has 1 aromatic heterocycles. The summed E-state index contributed by atoms with van der Waals surface area (Å²) >= 11 is 0. The van der Waals surface area contributed by atoms with Gasteiger partial charge in [0, 0.05) is 25.1 Å². The molecule has 0 saturated carbocycles. The molecule has 0 aromatic carbocycles. The van der Waals surface area contributed by atoms with Gasteiger partial charge in [-0.25, -0.2) is 0 Å². The minimum Gasteiger partial charge on any atom is -0.350 e. The van der Waals surface area contributed by atoms with E-state index in [1.807, 2.05) is 0 Å². The third-order valence-corrected chi connectivity index (χ3v) is 4.10. The van der Waals surface area contributed by atoms with Crippen LogP contribution in [0.5, 0.6) is 0 Å². The summed E-state index contributed by atoms with van der Waals surface area (Å²) in [4.78, 5) is 0. The first-order valence-corrected chi connectivity index (χ1v) is 8.27. The normalized spacial score (nSPS) is 17.7. The number of hydrogen-bond donors (Lipinski definition) is 1. The van der Waals surface area contributed by atoms with E-state index in [0.29, 0.717) is 25.3 Å². The monoisotopic (exact) mass is 295 g/mol. The van der Waals surface area contributed by atoms with E-state index in [4.69, 9.17) is 14.6 Å². The van der Waals surface area contributed by atoms with Crippen molar-refractivity contribution in [3.05, 3.63) is 18.0 Å². The minimum atomic E-state index is -0.0600. The molecule has 1 fully saturated rings. The van der Waals surface area contributed by atoms with Crippen LogP contribution >= 0.6 is 0 Å². The first kappa shape index (κ1) is 16.5. The van der Waals surface area contributed by atoms with Gasteiger partial charge in [0.15, 0.2) is 6.29 Å². The quantitative estimate of drug-likeness (QED) is 0.760. The zero-order valence-corrected chi connectivity index (χ0v) is 13.5. The van der Waals surface area contributed by atoms with E-state index >= 15 is 0 Å². The van der Waals surface area contributed by atoms with Crippen molar-refractivity contribution < 1.29 is 9.47 Å². The van der Waals surface area contributed by atoms with Crippen LogP contribution < -0.4 is 5.32 Å². The molecule has 21 heavy (non-hydrogen) atoms. The van der Waals surface area contributed by atoms with Gasteiger partial charge in [-0.3, -0.25) is 4.68 Å². The molecule has 0 spiro atoms. The summed E-state index contributed by atoms with van der Waals surface area (Å²) in [6, 6.07) is 3.00. The second-order valence-corrected chi connectivity index (χ2v) is 5.62. The van der Waals surface area contributed by atoms with Gasteiger partial charge in [-0.2, -0.15) is 5.10 Å². The summed E-state index contributed by atoms with van der Waals surface area (Å²) in [6.07, 6.45) is 6.10. The predicted octanol–water partition coefficient (Wildman–Crippen LogP) is 2.53. The molecular formula is C16H29N3O2. The van der Waals surface area contributed by atoms with Crippen LogP contribution in [0, 0.1) is 0 Å². The highest BCUT2D eigenvalue weighted by atomic mass is 16.7. The molecule has 0 bridgehead atoms. The molecule has 1 saturated heterocycles. The molecule has 0 amide bonds. The maximum atomic E-state index is 5.56. The zero-order chi connectivity index (χ0) is 15.1. The zero-order valence-electron chi connectivity index (χ0n) is 13.5. The fourth-order valence-corrected chi connectivity index (χ4v) is 2.91. The van der Waals surface area contributed by atoms with Gasteiger partial charge in [0.1, 0.15) is 0 Å². The van der Waals surface area contributed by atoms with Crippen LogP contribution in [0.1, 0.15) is 51.8 Å². The summed E-state index contributed by atoms with van der Waals surface area (Å²) in [5.74, 6) is 0. The fraction of sp³-hybridized carbons (Fsp3) is 0.812. The maximum absolute atomic E-state index is 5.56. The molecule has 2 rings (SSSR count). The Kier molecular flexibility index (Phi) is 6.67. The second-order valence-electron chi connectivity index (χ2n) is 5.62. The van der Waals surface area contributed by atoms with Crippen molar-refractivity contribution in [1.82, 2.24) is 15.1 Å². The Morgan fingerprint density at radius 3 is 2.62 bits per heavy atom. The Morgan fingerprint density at radius 2 is 2.00 bits per heavy atom. The lowest BCUT2D eigenvalue weighted by atomic mass is 10.1. The summed E-state index contributed by atoms with van der Waals surface area (Å²) in [5, 5.41) is 8.26. The second kappa shape index (κ2) is 8.51. The van der Waals surface area contributed by atoms with E-state index in [0.717, 1.165) is 37.9 Å². The van der Waals surface area contributed by atoms with Gasteiger partial charge < -0.3 is 14.8 Å². The summed E-state index contributed by atoms with van der Waals surface area (Å²) in [5.41, 5.74) is 1.14. The van der Waals surface area contributed by atoms with Crippen molar-refractivity contribution in [2.75, 3.05) is 19.8 Å². The minimum absolute atomic E-state index is 0.0600. The first-order chi connectivity index (χ1) is 10.3. The van der Waals surface area contributed by atoms with Gasteiger partial charge >= 0.3 is 0 Å².